The first-order chi connectivity index (χ1) is 7.70. The first kappa shape index (κ1) is 11.5. The Bertz CT molecular complexity index is 350. The van der Waals surface area contributed by atoms with Crippen molar-refractivity contribution in [3.05, 3.63) is 11.6 Å². The van der Waals surface area contributed by atoms with E-state index < -0.39 is 0 Å². The summed E-state index contributed by atoms with van der Waals surface area (Å²) in [5, 5.41) is 8.45. The average Bonchev–Trinajstić information content (AvgIpc) is 2.68. The van der Waals surface area contributed by atoms with Gasteiger partial charge in [0.1, 0.15) is 11.6 Å². The number of fused-ring (bicyclic) bond motifs is 1. The number of hydrogen-bond acceptors (Lipinski definition) is 4. The molecule has 2 atom stereocenters. The van der Waals surface area contributed by atoms with Crippen LogP contribution in [0.15, 0.2) is 0 Å². The predicted octanol–water partition coefficient (Wildman–Crippen LogP) is 0.519. The quantitative estimate of drug-likeness (QED) is 0.809. The molecule has 5 heteroatoms. The van der Waals surface area contributed by atoms with Crippen LogP contribution < -0.4 is 5.73 Å². The minimum atomic E-state index is 0.252. The zero-order chi connectivity index (χ0) is 11.5. The SMILES string of the molecule is COC(C)CCc1nnc2n1CC(N)CC2. The number of nitrogens with zero attached hydrogens (tertiary/aromatic N) is 3. The van der Waals surface area contributed by atoms with Crippen LogP contribution in [0, 0.1) is 0 Å². The molecule has 16 heavy (non-hydrogen) atoms. The lowest BCUT2D eigenvalue weighted by molar-refractivity contribution is 0.110. The first-order valence-corrected chi connectivity index (χ1v) is 5.90. The van der Waals surface area contributed by atoms with Gasteiger partial charge in [0.05, 0.1) is 6.10 Å². The standard InChI is InChI=1S/C11H20N4O/c1-8(16-2)3-5-10-13-14-11-6-4-9(12)7-15(10)11/h8-9H,3-7,12H2,1-2H3. The number of hydrogen-bond donors (Lipinski definition) is 1. The molecule has 0 saturated carbocycles. The van der Waals surface area contributed by atoms with Crippen LogP contribution >= 0.6 is 0 Å². The lowest BCUT2D eigenvalue weighted by Crippen LogP contribution is -2.32. The molecular formula is C11H20N4O. The molecular weight excluding hydrogens is 204 g/mol. The molecule has 0 radical (unpaired) electrons. The van der Waals surface area contributed by atoms with Crippen molar-refractivity contribution in [2.45, 2.75) is 51.3 Å². The molecule has 0 saturated heterocycles. The predicted molar refractivity (Wildman–Crippen MR) is 61.1 cm³/mol. The number of nitrogens with two attached hydrogens (primary N) is 1. The third-order valence-electron chi connectivity index (χ3n) is 3.24. The van der Waals surface area contributed by atoms with Crippen molar-refractivity contribution in [3.63, 3.8) is 0 Å². The number of rotatable bonds is 4. The molecule has 1 aromatic rings. The molecule has 0 amide bonds. The third-order valence-corrected chi connectivity index (χ3v) is 3.24. The van der Waals surface area contributed by atoms with E-state index in [-0.39, 0.29) is 12.1 Å². The van der Waals surface area contributed by atoms with Gasteiger partial charge in [-0.3, -0.25) is 0 Å². The van der Waals surface area contributed by atoms with E-state index in [1.165, 1.54) is 0 Å². The van der Waals surface area contributed by atoms with Crippen LogP contribution in [-0.2, 0) is 24.1 Å². The Morgan fingerprint density at radius 1 is 1.56 bits per heavy atom. The van der Waals surface area contributed by atoms with Gasteiger partial charge < -0.3 is 15.0 Å². The Kier molecular flexibility index (Phi) is 3.56. The van der Waals surface area contributed by atoms with Gasteiger partial charge in [-0.2, -0.15) is 0 Å². The van der Waals surface area contributed by atoms with Crippen LogP contribution in [0.25, 0.3) is 0 Å². The summed E-state index contributed by atoms with van der Waals surface area (Å²) in [6, 6.07) is 0.252. The summed E-state index contributed by atoms with van der Waals surface area (Å²) in [7, 11) is 1.74. The molecule has 0 fully saturated rings. The Labute approximate surface area is 96.0 Å². The second-order valence-corrected chi connectivity index (χ2v) is 4.53. The highest BCUT2D eigenvalue weighted by molar-refractivity contribution is 5.01. The summed E-state index contributed by atoms with van der Waals surface area (Å²) in [6.07, 6.45) is 4.13. The van der Waals surface area contributed by atoms with E-state index >= 15 is 0 Å². The molecule has 0 aliphatic carbocycles. The van der Waals surface area contributed by atoms with Crippen LogP contribution in [0.5, 0.6) is 0 Å². The summed E-state index contributed by atoms with van der Waals surface area (Å²) in [5.74, 6) is 2.14. The third kappa shape index (κ3) is 2.41. The first-order valence-electron chi connectivity index (χ1n) is 5.90. The molecule has 2 unspecified atom stereocenters. The van der Waals surface area contributed by atoms with Crippen molar-refractivity contribution in [2.75, 3.05) is 7.11 Å². The zero-order valence-electron chi connectivity index (χ0n) is 10.0. The Balaban J connectivity index is 2.02. The number of aryl methyl sites for hydroxylation is 2. The molecule has 1 aliphatic rings. The maximum Gasteiger partial charge on any atom is 0.133 e. The highest BCUT2D eigenvalue weighted by Crippen LogP contribution is 2.15. The van der Waals surface area contributed by atoms with Crippen molar-refractivity contribution >= 4 is 0 Å². The lowest BCUT2D eigenvalue weighted by Gasteiger charge is -2.21. The van der Waals surface area contributed by atoms with Crippen LogP contribution in [0.2, 0.25) is 0 Å². The normalized spacial score (nSPS) is 21.8. The number of methoxy groups -OCH3 is 1. The van der Waals surface area contributed by atoms with E-state index in [2.05, 4.69) is 21.7 Å². The van der Waals surface area contributed by atoms with E-state index in [1.807, 2.05) is 0 Å². The fraction of sp³-hybridized carbons (Fsp3) is 0.818. The van der Waals surface area contributed by atoms with E-state index in [0.29, 0.717) is 0 Å². The second kappa shape index (κ2) is 4.93. The van der Waals surface area contributed by atoms with Crippen molar-refractivity contribution in [1.82, 2.24) is 14.8 Å². The van der Waals surface area contributed by atoms with Gasteiger partial charge >= 0.3 is 0 Å². The smallest absolute Gasteiger partial charge is 0.133 e. The van der Waals surface area contributed by atoms with Gasteiger partial charge in [0.2, 0.25) is 0 Å². The minimum Gasteiger partial charge on any atom is -0.382 e. The molecule has 0 spiro atoms. The molecule has 2 rings (SSSR count). The Morgan fingerprint density at radius 2 is 2.38 bits per heavy atom. The minimum absolute atomic E-state index is 0.252. The fourth-order valence-corrected chi connectivity index (χ4v) is 2.04. The van der Waals surface area contributed by atoms with Gasteiger partial charge in [-0.15, -0.1) is 10.2 Å². The van der Waals surface area contributed by atoms with Crippen molar-refractivity contribution in [2.24, 2.45) is 5.73 Å². The van der Waals surface area contributed by atoms with Crippen LogP contribution in [0.1, 0.15) is 31.4 Å². The summed E-state index contributed by atoms with van der Waals surface area (Å²) >= 11 is 0. The van der Waals surface area contributed by atoms with Gasteiger partial charge in [-0.1, -0.05) is 0 Å². The zero-order valence-corrected chi connectivity index (χ0v) is 10.0. The maximum atomic E-state index is 5.96. The molecule has 2 heterocycles. The summed E-state index contributed by atoms with van der Waals surface area (Å²) in [4.78, 5) is 0. The molecule has 90 valence electrons. The van der Waals surface area contributed by atoms with Gasteiger partial charge in [0.25, 0.3) is 0 Å². The average molecular weight is 224 g/mol. The van der Waals surface area contributed by atoms with E-state index in [0.717, 1.165) is 43.9 Å². The molecule has 1 aromatic heterocycles. The molecule has 5 nitrogen and oxygen atoms in total. The maximum absolute atomic E-state index is 5.96. The fourth-order valence-electron chi connectivity index (χ4n) is 2.04. The van der Waals surface area contributed by atoms with E-state index in [9.17, 15) is 0 Å². The number of aromatic nitrogens is 3. The van der Waals surface area contributed by atoms with E-state index in [4.69, 9.17) is 10.5 Å². The van der Waals surface area contributed by atoms with Gasteiger partial charge in [0, 0.05) is 32.5 Å². The van der Waals surface area contributed by atoms with Gasteiger partial charge in [0.15, 0.2) is 0 Å². The Morgan fingerprint density at radius 3 is 3.12 bits per heavy atom. The highest BCUT2D eigenvalue weighted by Gasteiger charge is 2.20. The summed E-state index contributed by atoms with van der Waals surface area (Å²) < 4.78 is 7.41. The monoisotopic (exact) mass is 224 g/mol. The van der Waals surface area contributed by atoms with Crippen molar-refractivity contribution < 1.29 is 4.74 Å². The number of ether oxygens (including phenoxy) is 1. The van der Waals surface area contributed by atoms with Gasteiger partial charge in [-0.25, -0.2) is 0 Å². The van der Waals surface area contributed by atoms with Crippen molar-refractivity contribution in [3.8, 4) is 0 Å². The second-order valence-electron chi connectivity index (χ2n) is 4.53. The van der Waals surface area contributed by atoms with Crippen LogP contribution in [-0.4, -0.2) is 34.0 Å². The lowest BCUT2D eigenvalue weighted by atomic mass is 10.1. The van der Waals surface area contributed by atoms with E-state index in [1.54, 1.807) is 7.11 Å². The van der Waals surface area contributed by atoms with Crippen molar-refractivity contribution in [1.29, 1.82) is 0 Å². The highest BCUT2D eigenvalue weighted by atomic mass is 16.5. The van der Waals surface area contributed by atoms with Crippen LogP contribution in [0.3, 0.4) is 0 Å². The van der Waals surface area contributed by atoms with Gasteiger partial charge in [-0.05, 0) is 19.8 Å². The summed E-state index contributed by atoms with van der Waals surface area (Å²) in [6.45, 7) is 2.93. The molecule has 2 N–H and O–H groups in total. The van der Waals surface area contributed by atoms with Crippen LogP contribution in [0.4, 0.5) is 0 Å². The molecule has 1 aliphatic heterocycles. The largest absolute Gasteiger partial charge is 0.382 e. The molecule has 0 bridgehead atoms. The summed E-state index contributed by atoms with van der Waals surface area (Å²) in [5.41, 5.74) is 5.96. The molecule has 0 aromatic carbocycles. The topological polar surface area (TPSA) is 66.0 Å². The Hall–Kier alpha value is -0.940.